The molecule has 0 saturated heterocycles. The largest absolute Gasteiger partial charge is 0.464 e. The zero-order valence-corrected chi connectivity index (χ0v) is 10.6. The second kappa shape index (κ2) is 4.60. The van der Waals surface area contributed by atoms with Crippen molar-refractivity contribution in [3.8, 4) is 5.69 Å². The second-order valence-electron chi connectivity index (χ2n) is 3.02. The molecule has 2 aromatic rings. The summed E-state index contributed by atoms with van der Waals surface area (Å²) >= 11 is 2.22. The second-order valence-corrected chi connectivity index (χ2v) is 4.26. The lowest BCUT2D eigenvalue weighted by atomic mass is 10.3. The van der Waals surface area contributed by atoms with Crippen LogP contribution in [0, 0.1) is 3.57 Å². The van der Waals surface area contributed by atoms with Crippen molar-refractivity contribution in [2.24, 2.45) is 0 Å². The van der Waals surface area contributed by atoms with Crippen molar-refractivity contribution >= 4 is 28.6 Å². The minimum atomic E-state index is -0.489. The molecule has 0 unspecified atom stereocenters. The number of rotatable bonds is 2. The summed E-state index contributed by atoms with van der Waals surface area (Å²) in [6, 6.07) is 7.71. The van der Waals surface area contributed by atoms with Crippen molar-refractivity contribution in [3.63, 3.8) is 0 Å². The van der Waals surface area contributed by atoms with E-state index in [0.717, 1.165) is 9.26 Å². The molecular weight excluding hydrogens is 321 g/mol. The zero-order valence-electron chi connectivity index (χ0n) is 8.42. The summed E-state index contributed by atoms with van der Waals surface area (Å²) in [5.74, 6) is -0.489. The molecule has 1 aromatic heterocycles. The quantitative estimate of drug-likeness (QED) is 0.621. The normalized spacial score (nSPS) is 10.1. The topological polar surface area (TPSA) is 57.0 Å². The van der Waals surface area contributed by atoms with Crippen LogP contribution in [0.15, 0.2) is 30.5 Å². The number of esters is 1. The number of aromatic nitrogens is 3. The van der Waals surface area contributed by atoms with E-state index in [4.69, 9.17) is 0 Å². The SMILES string of the molecule is COC(=O)c1cn(-c2ccc(I)cc2)nn1. The number of halogens is 1. The van der Waals surface area contributed by atoms with E-state index in [1.54, 1.807) is 0 Å². The molecule has 0 aliphatic heterocycles. The van der Waals surface area contributed by atoms with Crippen molar-refractivity contribution in [2.75, 3.05) is 7.11 Å². The van der Waals surface area contributed by atoms with Crippen LogP contribution in [0.2, 0.25) is 0 Å². The summed E-state index contributed by atoms with van der Waals surface area (Å²) in [7, 11) is 1.31. The van der Waals surface area contributed by atoms with E-state index in [1.165, 1.54) is 18.0 Å². The summed E-state index contributed by atoms with van der Waals surface area (Å²) in [6.07, 6.45) is 1.54. The number of hydrogen-bond acceptors (Lipinski definition) is 4. The van der Waals surface area contributed by atoms with Crippen molar-refractivity contribution in [1.29, 1.82) is 0 Å². The van der Waals surface area contributed by atoms with Crippen LogP contribution in [0.1, 0.15) is 10.5 Å². The molecule has 0 fully saturated rings. The first-order chi connectivity index (χ1) is 7.70. The van der Waals surface area contributed by atoms with Gasteiger partial charge in [-0.25, -0.2) is 9.48 Å². The van der Waals surface area contributed by atoms with Gasteiger partial charge in [0.15, 0.2) is 5.69 Å². The van der Waals surface area contributed by atoms with Crippen LogP contribution in [0.3, 0.4) is 0 Å². The molecule has 2 rings (SSSR count). The standard InChI is InChI=1S/C10H8IN3O2/c1-16-10(15)9-6-14(13-12-9)8-4-2-7(11)3-5-8/h2-6H,1H3. The highest BCUT2D eigenvalue weighted by Crippen LogP contribution is 2.10. The molecular formula is C10H8IN3O2. The maximum Gasteiger partial charge on any atom is 0.360 e. The summed E-state index contributed by atoms with van der Waals surface area (Å²) in [4.78, 5) is 11.2. The van der Waals surface area contributed by atoms with Gasteiger partial charge in [0.2, 0.25) is 0 Å². The highest BCUT2D eigenvalue weighted by Gasteiger charge is 2.10. The van der Waals surface area contributed by atoms with Gasteiger partial charge in [-0.1, -0.05) is 5.21 Å². The van der Waals surface area contributed by atoms with E-state index in [2.05, 4.69) is 37.6 Å². The van der Waals surface area contributed by atoms with Gasteiger partial charge in [0.05, 0.1) is 19.0 Å². The Morgan fingerprint density at radius 3 is 2.69 bits per heavy atom. The Morgan fingerprint density at radius 1 is 1.38 bits per heavy atom. The lowest BCUT2D eigenvalue weighted by Gasteiger charge is -1.98. The Morgan fingerprint density at radius 2 is 2.06 bits per heavy atom. The van der Waals surface area contributed by atoms with Crippen molar-refractivity contribution in [3.05, 3.63) is 39.7 Å². The molecule has 5 nitrogen and oxygen atoms in total. The molecule has 1 aromatic carbocycles. The number of benzene rings is 1. The maximum absolute atomic E-state index is 11.2. The molecule has 0 aliphatic carbocycles. The van der Waals surface area contributed by atoms with Crippen LogP contribution in [-0.2, 0) is 4.74 Å². The van der Waals surface area contributed by atoms with Crippen LogP contribution in [0.5, 0.6) is 0 Å². The first-order valence-electron chi connectivity index (χ1n) is 4.47. The third-order valence-corrected chi connectivity index (χ3v) is 2.70. The van der Waals surface area contributed by atoms with E-state index in [9.17, 15) is 4.79 Å². The molecule has 6 heteroatoms. The van der Waals surface area contributed by atoms with E-state index >= 15 is 0 Å². The number of hydrogen-bond donors (Lipinski definition) is 0. The smallest absolute Gasteiger partial charge is 0.360 e. The Balaban J connectivity index is 2.31. The van der Waals surface area contributed by atoms with Gasteiger partial charge < -0.3 is 4.74 Å². The van der Waals surface area contributed by atoms with Crippen molar-refractivity contribution < 1.29 is 9.53 Å². The fourth-order valence-corrected chi connectivity index (χ4v) is 1.54. The molecule has 1 heterocycles. The fourth-order valence-electron chi connectivity index (χ4n) is 1.18. The molecule has 82 valence electrons. The molecule has 0 amide bonds. The minimum absolute atomic E-state index is 0.195. The lowest BCUT2D eigenvalue weighted by molar-refractivity contribution is 0.0594. The predicted molar refractivity (Wildman–Crippen MR) is 65.4 cm³/mol. The number of ether oxygens (including phenoxy) is 1. The highest BCUT2D eigenvalue weighted by atomic mass is 127. The average Bonchev–Trinajstić information content (AvgIpc) is 2.78. The van der Waals surface area contributed by atoms with Crippen LogP contribution in [-0.4, -0.2) is 28.1 Å². The Bertz CT molecular complexity index is 507. The van der Waals surface area contributed by atoms with Crippen LogP contribution in [0.4, 0.5) is 0 Å². The molecule has 0 spiro atoms. The number of nitrogens with zero attached hydrogens (tertiary/aromatic N) is 3. The number of carbonyl (C=O) groups excluding carboxylic acids is 1. The Kier molecular flexibility index (Phi) is 3.18. The highest BCUT2D eigenvalue weighted by molar-refractivity contribution is 14.1. The Hall–Kier alpha value is -1.44. The minimum Gasteiger partial charge on any atom is -0.464 e. The van der Waals surface area contributed by atoms with E-state index in [1.807, 2.05) is 24.3 Å². The summed E-state index contributed by atoms with van der Waals surface area (Å²) in [6.45, 7) is 0. The fraction of sp³-hybridized carbons (Fsp3) is 0.100. The van der Waals surface area contributed by atoms with E-state index in [-0.39, 0.29) is 5.69 Å². The van der Waals surface area contributed by atoms with Gasteiger partial charge in [0.25, 0.3) is 0 Å². The van der Waals surface area contributed by atoms with E-state index < -0.39 is 5.97 Å². The summed E-state index contributed by atoms with van der Waals surface area (Å²) < 4.78 is 7.21. The van der Waals surface area contributed by atoms with Gasteiger partial charge >= 0.3 is 5.97 Å². The maximum atomic E-state index is 11.2. The average molecular weight is 329 g/mol. The van der Waals surface area contributed by atoms with Crippen LogP contribution >= 0.6 is 22.6 Å². The van der Waals surface area contributed by atoms with Gasteiger partial charge in [-0.3, -0.25) is 0 Å². The Labute approximate surface area is 106 Å². The van der Waals surface area contributed by atoms with Crippen LogP contribution in [0.25, 0.3) is 5.69 Å². The van der Waals surface area contributed by atoms with Crippen molar-refractivity contribution in [1.82, 2.24) is 15.0 Å². The van der Waals surface area contributed by atoms with Gasteiger partial charge in [0, 0.05) is 3.57 Å². The summed E-state index contributed by atoms with van der Waals surface area (Å²) in [5, 5.41) is 7.57. The first kappa shape index (κ1) is 11.1. The van der Waals surface area contributed by atoms with Gasteiger partial charge in [-0.2, -0.15) is 0 Å². The van der Waals surface area contributed by atoms with Crippen molar-refractivity contribution in [2.45, 2.75) is 0 Å². The van der Waals surface area contributed by atoms with Gasteiger partial charge in [0.1, 0.15) is 0 Å². The molecule has 0 saturated carbocycles. The van der Waals surface area contributed by atoms with Crippen LogP contribution < -0.4 is 0 Å². The third kappa shape index (κ3) is 2.21. The number of methoxy groups -OCH3 is 1. The molecule has 0 radical (unpaired) electrons. The predicted octanol–water partition coefficient (Wildman–Crippen LogP) is 1.66. The molecule has 0 N–H and O–H groups in total. The van der Waals surface area contributed by atoms with Gasteiger partial charge in [-0.05, 0) is 46.9 Å². The first-order valence-corrected chi connectivity index (χ1v) is 5.55. The zero-order chi connectivity index (χ0) is 11.5. The van der Waals surface area contributed by atoms with E-state index in [0.29, 0.717) is 0 Å². The van der Waals surface area contributed by atoms with Gasteiger partial charge in [-0.15, -0.1) is 5.10 Å². The monoisotopic (exact) mass is 329 g/mol. The molecule has 0 bridgehead atoms. The molecule has 0 atom stereocenters. The number of carbonyl (C=O) groups is 1. The third-order valence-electron chi connectivity index (χ3n) is 1.98. The molecule has 0 aliphatic rings. The summed E-state index contributed by atoms with van der Waals surface area (Å²) in [5.41, 5.74) is 1.05. The molecule has 16 heavy (non-hydrogen) atoms. The lowest BCUT2D eigenvalue weighted by Crippen LogP contribution is -2.01.